The number of oxime groups is 1. The quantitative estimate of drug-likeness (QED) is 0.756. The van der Waals surface area contributed by atoms with Crippen LogP contribution in [0.25, 0.3) is 0 Å². The minimum atomic E-state index is 0.115. The number of carbonyl (C=O) groups is 1. The molecule has 0 spiro atoms. The fraction of sp³-hybridized carbons (Fsp3) is 0.500. The van der Waals surface area contributed by atoms with Crippen molar-refractivity contribution >= 4 is 23.1 Å². The van der Waals surface area contributed by atoms with Crippen LogP contribution in [-0.4, -0.2) is 76.8 Å². The normalized spacial score (nSPS) is 24.4. The van der Waals surface area contributed by atoms with E-state index in [1.807, 2.05) is 40.7 Å². The fourth-order valence-corrected chi connectivity index (χ4v) is 5.41. The summed E-state index contributed by atoms with van der Waals surface area (Å²) in [6.45, 7) is 8.05. The summed E-state index contributed by atoms with van der Waals surface area (Å²) in [6, 6.07) is 9.53. The van der Waals surface area contributed by atoms with Crippen LogP contribution in [-0.2, 0) is 11.4 Å². The molecule has 2 aromatic rings. The van der Waals surface area contributed by atoms with Gasteiger partial charge in [0, 0.05) is 49.7 Å². The molecule has 0 aliphatic carbocycles. The first-order valence-electron chi connectivity index (χ1n) is 10.6. The van der Waals surface area contributed by atoms with Crippen LogP contribution in [0.15, 0.2) is 41.0 Å². The van der Waals surface area contributed by atoms with Crippen molar-refractivity contribution in [3.05, 3.63) is 52.0 Å². The molecule has 5 rings (SSSR count). The molecule has 0 radical (unpaired) electrons. The minimum absolute atomic E-state index is 0.115. The van der Waals surface area contributed by atoms with E-state index in [1.54, 1.807) is 11.3 Å². The molecule has 3 aliphatic heterocycles. The number of piperidine rings is 1. The molecule has 3 aliphatic rings. The van der Waals surface area contributed by atoms with Crippen molar-refractivity contribution in [1.82, 2.24) is 19.7 Å². The van der Waals surface area contributed by atoms with Crippen LogP contribution in [0.2, 0.25) is 0 Å². The Morgan fingerprint density at radius 3 is 2.70 bits per heavy atom. The monoisotopic (exact) mass is 425 g/mol. The number of benzene rings is 1. The number of piperazine rings is 1. The highest BCUT2D eigenvalue weighted by Gasteiger charge is 2.42. The molecule has 0 bridgehead atoms. The van der Waals surface area contributed by atoms with Crippen LogP contribution in [0.5, 0.6) is 0 Å². The largest absolute Gasteiger partial charge is 0.389 e. The third kappa shape index (κ3) is 3.81. The SMILES string of the molecule is Cc1ncsc1CN1CC[C@H]2C(N3CCN(C(=O)c4ccccc4)CC3)=NO[C@H]2C1. The van der Waals surface area contributed by atoms with Gasteiger partial charge in [-0.25, -0.2) is 4.98 Å². The molecule has 2 atom stereocenters. The minimum Gasteiger partial charge on any atom is -0.389 e. The predicted molar refractivity (Wildman–Crippen MR) is 116 cm³/mol. The van der Waals surface area contributed by atoms with Gasteiger partial charge in [0.15, 0.2) is 5.84 Å². The van der Waals surface area contributed by atoms with Crippen molar-refractivity contribution in [2.75, 3.05) is 39.3 Å². The van der Waals surface area contributed by atoms with E-state index in [1.165, 1.54) is 4.88 Å². The van der Waals surface area contributed by atoms with Crippen LogP contribution in [0.3, 0.4) is 0 Å². The molecule has 2 saturated heterocycles. The summed E-state index contributed by atoms with van der Waals surface area (Å²) in [5.74, 6) is 1.56. The van der Waals surface area contributed by atoms with Gasteiger partial charge in [0.2, 0.25) is 0 Å². The molecule has 1 amide bonds. The van der Waals surface area contributed by atoms with Crippen LogP contribution >= 0.6 is 11.3 Å². The smallest absolute Gasteiger partial charge is 0.253 e. The average Bonchev–Trinajstić information content (AvgIpc) is 3.40. The number of nitrogens with zero attached hydrogens (tertiary/aromatic N) is 5. The Hall–Kier alpha value is -2.45. The summed E-state index contributed by atoms with van der Waals surface area (Å²) < 4.78 is 0. The summed E-state index contributed by atoms with van der Waals surface area (Å²) in [5, 5.41) is 4.48. The van der Waals surface area contributed by atoms with E-state index >= 15 is 0 Å². The van der Waals surface area contributed by atoms with E-state index < -0.39 is 0 Å². The lowest BCUT2D eigenvalue weighted by Crippen LogP contribution is -2.53. The second-order valence-electron chi connectivity index (χ2n) is 8.23. The van der Waals surface area contributed by atoms with Crippen molar-refractivity contribution in [2.45, 2.75) is 26.0 Å². The lowest BCUT2D eigenvalue weighted by Gasteiger charge is -2.39. The summed E-state index contributed by atoms with van der Waals surface area (Å²) in [6.07, 6.45) is 1.19. The van der Waals surface area contributed by atoms with E-state index in [0.29, 0.717) is 5.92 Å². The third-order valence-electron chi connectivity index (χ3n) is 6.38. The number of aryl methyl sites for hydroxylation is 1. The number of amidine groups is 1. The number of rotatable bonds is 3. The van der Waals surface area contributed by atoms with Gasteiger partial charge >= 0.3 is 0 Å². The summed E-state index contributed by atoms with van der Waals surface area (Å²) in [7, 11) is 0. The maximum absolute atomic E-state index is 12.7. The maximum Gasteiger partial charge on any atom is 0.253 e. The molecule has 2 fully saturated rings. The molecule has 0 saturated carbocycles. The predicted octanol–water partition coefficient (Wildman–Crippen LogP) is 2.44. The molecule has 0 N–H and O–H groups in total. The van der Waals surface area contributed by atoms with Crippen molar-refractivity contribution in [3.8, 4) is 0 Å². The highest BCUT2D eigenvalue weighted by molar-refractivity contribution is 7.09. The molecular weight excluding hydrogens is 398 g/mol. The number of carbonyl (C=O) groups excluding carboxylic acids is 1. The first-order valence-corrected chi connectivity index (χ1v) is 11.5. The zero-order chi connectivity index (χ0) is 20.5. The molecule has 30 heavy (non-hydrogen) atoms. The van der Waals surface area contributed by atoms with Gasteiger partial charge in [0.05, 0.1) is 17.1 Å². The number of amides is 1. The van der Waals surface area contributed by atoms with Gasteiger partial charge in [-0.3, -0.25) is 9.69 Å². The van der Waals surface area contributed by atoms with Gasteiger partial charge in [-0.2, -0.15) is 0 Å². The molecule has 7 nitrogen and oxygen atoms in total. The number of aromatic nitrogens is 1. The van der Waals surface area contributed by atoms with Gasteiger partial charge in [-0.15, -0.1) is 11.3 Å². The van der Waals surface area contributed by atoms with Crippen LogP contribution in [0, 0.1) is 12.8 Å². The van der Waals surface area contributed by atoms with Crippen molar-refractivity contribution in [3.63, 3.8) is 0 Å². The lowest BCUT2D eigenvalue weighted by atomic mass is 9.92. The Morgan fingerprint density at radius 1 is 1.17 bits per heavy atom. The Kier molecular flexibility index (Phi) is 5.43. The molecule has 1 aromatic carbocycles. The zero-order valence-corrected chi connectivity index (χ0v) is 18.1. The fourth-order valence-electron chi connectivity index (χ4n) is 4.59. The number of thiazole rings is 1. The summed E-state index contributed by atoms with van der Waals surface area (Å²) in [5.41, 5.74) is 3.82. The zero-order valence-electron chi connectivity index (χ0n) is 17.2. The molecule has 0 unspecified atom stereocenters. The first-order chi connectivity index (χ1) is 14.7. The van der Waals surface area contributed by atoms with Gasteiger partial charge in [0.1, 0.15) is 6.10 Å². The van der Waals surface area contributed by atoms with Gasteiger partial charge in [-0.1, -0.05) is 23.4 Å². The Bertz CT molecular complexity index is 923. The number of likely N-dealkylation sites (tertiary alicyclic amines) is 1. The molecule has 4 heterocycles. The standard InChI is InChI=1S/C22H27N5O2S/c1-16-20(30-15-23-16)14-25-8-7-18-19(13-25)29-24-21(18)26-9-11-27(12-10-26)22(28)17-5-3-2-4-6-17/h2-6,15,18-19H,7-14H2,1H3/t18-,19+/m1/s1. The Labute approximate surface area is 180 Å². The number of hydrogen-bond donors (Lipinski definition) is 0. The molecule has 8 heteroatoms. The van der Waals surface area contributed by atoms with Crippen molar-refractivity contribution in [2.24, 2.45) is 11.1 Å². The highest BCUT2D eigenvalue weighted by Crippen LogP contribution is 2.30. The van der Waals surface area contributed by atoms with Gasteiger partial charge in [-0.05, 0) is 32.0 Å². The van der Waals surface area contributed by atoms with Crippen LogP contribution in [0.4, 0.5) is 0 Å². The Morgan fingerprint density at radius 2 is 1.97 bits per heavy atom. The summed E-state index contributed by atoms with van der Waals surface area (Å²) in [4.78, 5) is 31.0. The lowest BCUT2D eigenvalue weighted by molar-refractivity contribution is 0.00383. The number of hydrogen-bond acceptors (Lipinski definition) is 7. The van der Waals surface area contributed by atoms with Crippen molar-refractivity contribution in [1.29, 1.82) is 0 Å². The van der Waals surface area contributed by atoms with Gasteiger partial charge < -0.3 is 14.6 Å². The number of fused-ring (bicyclic) bond motifs is 1. The highest BCUT2D eigenvalue weighted by atomic mass is 32.1. The van der Waals surface area contributed by atoms with E-state index in [2.05, 4.69) is 26.9 Å². The van der Waals surface area contributed by atoms with Gasteiger partial charge in [0.25, 0.3) is 5.91 Å². The van der Waals surface area contributed by atoms with Crippen LogP contribution < -0.4 is 0 Å². The maximum atomic E-state index is 12.7. The topological polar surface area (TPSA) is 61.3 Å². The average molecular weight is 426 g/mol. The Balaban J connectivity index is 1.15. The van der Waals surface area contributed by atoms with E-state index in [-0.39, 0.29) is 12.0 Å². The third-order valence-corrected chi connectivity index (χ3v) is 7.30. The second-order valence-corrected chi connectivity index (χ2v) is 9.17. The molecule has 158 valence electrons. The van der Waals surface area contributed by atoms with Crippen molar-refractivity contribution < 1.29 is 9.63 Å². The second kappa shape index (κ2) is 8.35. The molecular formula is C22H27N5O2S. The molecule has 1 aromatic heterocycles. The first kappa shape index (κ1) is 19.5. The van der Waals surface area contributed by atoms with E-state index in [0.717, 1.165) is 69.3 Å². The van der Waals surface area contributed by atoms with E-state index in [9.17, 15) is 4.79 Å². The summed E-state index contributed by atoms with van der Waals surface area (Å²) >= 11 is 1.73. The van der Waals surface area contributed by atoms with E-state index in [4.69, 9.17) is 4.84 Å². The van der Waals surface area contributed by atoms with Crippen LogP contribution in [0.1, 0.15) is 27.3 Å².